The van der Waals surface area contributed by atoms with Gasteiger partial charge in [0.1, 0.15) is 0 Å². The number of hydrogen-bond acceptors (Lipinski definition) is 2. The average molecular weight is 171 g/mol. The zero-order valence-corrected chi connectivity index (χ0v) is 8.48. The summed E-state index contributed by atoms with van der Waals surface area (Å²) in [5, 5.41) is 13.4. The van der Waals surface area contributed by atoms with Crippen molar-refractivity contribution in [1.82, 2.24) is 5.32 Å². The minimum absolute atomic E-state index is 0.346. The van der Waals surface area contributed by atoms with E-state index in [4.69, 9.17) is 0 Å². The van der Waals surface area contributed by atoms with Gasteiger partial charge in [0.15, 0.2) is 0 Å². The van der Waals surface area contributed by atoms with Gasteiger partial charge < -0.3 is 10.4 Å². The smallest absolute Gasteiger partial charge is 0.0766 e. The highest BCUT2D eigenvalue weighted by molar-refractivity contribution is 4.99. The third kappa shape index (κ3) is 2.46. The van der Waals surface area contributed by atoms with Crippen molar-refractivity contribution >= 4 is 0 Å². The molecule has 1 saturated carbocycles. The predicted octanol–water partition coefficient (Wildman–Crippen LogP) is 1.68. The van der Waals surface area contributed by atoms with E-state index in [1.807, 2.05) is 13.8 Å². The van der Waals surface area contributed by atoms with Crippen molar-refractivity contribution in [2.24, 2.45) is 0 Å². The van der Waals surface area contributed by atoms with Crippen molar-refractivity contribution in [2.75, 3.05) is 6.54 Å². The van der Waals surface area contributed by atoms with Crippen LogP contribution in [0.4, 0.5) is 0 Å². The van der Waals surface area contributed by atoms with Gasteiger partial charge in [0.05, 0.1) is 5.60 Å². The molecule has 12 heavy (non-hydrogen) atoms. The van der Waals surface area contributed by atoms with Crippen molar-refractivity contribution < 1.29 is 5.11 Å². The van der Waals surface area contributed by atoms with Gasteiger partial charge in [-0.25, -0.2) is 0 Å². The Bertz CT molecular complexity index is 148. The van der Waals surface area contributed by atoms with E-state index in [0.29, 0.717) is 5.54 Å². The summed E-state index contributed by atoms with van der Waals surface area (Å²) >= 11 is 0. The summed E-state index contributed by atoms with van der Waals surface area (Å²) in [7, 11) is 0. The Morgan fingerprint density at radius 2 is 1.83 bits per heavy atom. The van der Waals surface area contributed by atoms with Gasteiger partial charge in [0.2, 0.25) is 0 Å². The largest absolute Gasteiger partial charge is 0.389 e. The second-order valence-electron chi connectivity index (χ2n) is 4.35. The molecule has 2 N–H and O–H groups in total. The summed E-state index contributed by atoms with van der Waals surface area (Å²) in [5.41, 5.74) is -0.135. The SMILES string of the molecule is CCC(O)(CC)CNC1(C)CC1. The maximum absolute atomic E-state index is 9.96. The van der Waals surface area contributed by atoms with Crippen LogP contribution in [0.15, 0.2) is 0 Å². The molecule has 72 valence electrons. The lowest BCUT2D eigenvalue weighted by Gasteiger charge is -2.27. The lowest BCUT2D eigenvalue weighted by molar-refractivity contribution is 0.0294. The molecule has 2 nitrogen and oxygen atoms in total. The summed E-state index contributed by atoms with van der Waals surface area (Å²) in [5.74, 6) is 0. The van der Waals surface area contributed by atoms with Crippen LogP contribution in [0, 0.1) is 0 Å². The van der Waals surface area contributed by atoms with Crippen LogP contribution in [0.5, 0.6) is 0 Å². The van der Waals surface area contributed by atoms with Crippen LogP contribution < -0.4 is 5.32 Å². The molecule has 0 aromatic rings. The molecule has 0 aliphatic heterocycles. The highest BCUT2D eigenvalue weighted by atomic mass is 16.3. The second-order valence-corrected chi connectivity index (χ2v) is 4.35. The van der Waals surface area contributed by atoms with Crippen LogP contribution in [0.25, 0.3) is 0 Å². The normalized spacial score (nSPS) is 21.0. The summed E-state index contributed by atoms with van der Waals surface area (Å²) in [6.07, 6.45) is 4.20. The molecule has 2 heteroatoms. The second kappa shape index (κ2) is 3.35. The Labute approximate surface area is 75.4 Å². The van der Waals surface area contributed by atoms with E-state index < -0.39 is 5.60 Å². The van der Waals surface area contributed by atoms with Crippen molar-refractivity contribution in [3.05, 3.63) is 0 Å². The number of nitrogens with one attached hydrogen (secondary N) is 1. The van der Waals surface area contributed by atoms with E-state index in [2.05, 4.69) is 12.2 Å². The lowest BCUT2D eigenvalue weighted by Crippen LogP contribution is -2.43. The Kier molecular flexibility index (Phi) is 2.79. The summed E-state index contributed by atoms with van der Waals surface area (Å²) in [4.78, 5) is 0. The summed E-state index contributed by atoms with van der Waals surface area (Å²) in [6, 6.07) is 0. The number of aliphatic hydroxyl groups is 1. The van der Waals surface area contributed by atoms with Crippen LogP contribution in [0.1, 0.15) is 46.5 Å². The zero-order chi connectivity index (χ0) is 9.24. The van der Waals surface area contributed by atoms with Crippen molar-refractivity contribution in [2.45, 2.75) is 57.6 Å². The fourth-order valence-electron chi connectivity index (χ4n) is 1.24. The maximum atomic E-state index is 9.96. The molecule has 1 aliphatic carbocycles. The molecule has 1 aliphatic rings. The van der Waals surface area contributed by atoms with Gasteiger partial charge in [0, 0.05) is 12.1 Å². The Hall–Kier alpha value is -0.0800. The van der Waals surface area contributed by atoms with Crippen molar-refractivity contribution in [1.29, 1.82) is 0 Å². The molecule has 0 unspecified atom stereocenters. The van der Waals surface area contributed by atoms with E-state index in [9.17, 15) is 5.11 Å². The van der Waals surface area contributed by atoms with E-state index in [1.54, 1.807) is 0 Å². The quantitative estimate of drug-likeness (QED) is 0.659. The molecule has 1 rings (SSSR count). The van der Waals surface area contributed by atoms with E-state index >= 15 is 0 Å². The molecule has 0 amide bonds. The molecular weight excluding hydrogens is 150 g/mol. The summed E-state index contributed by atoms with van der Waals surface area (Å²) in [6.45, 7) is 7.05. The third-order valence-corrected chi connectivity index (χ3v) is 3.16. The number of rotatable bonds is 5. The third-order valence-electron chi connectivity index (χ3n) is 3.16. The molecule has 0 radical (unpaired) electrons. The highest BCUT2D eigenvalue weighted by Crippen LogP contribution is 2.34. The molecule has 0 aromatic carbocycles. The minimum Gasteiger partial charge on any atom is -0.389 e. The molecule has 0 atom stereocenters. The maximum Gasteiger partial charge on any atom is 0.0766 e. The Balaban J connectivity index is 2.28. The van der Waals surface area contributed by atoms with Gasteiger partial charge in [-0.1, -0.05) is 13.8 Å². The van der Waals surface area contributed by atoms with Gasteiger partial charge in [-0.05, 0) is 32.6 Å². The van der Waals surface area contributed by atoms with E-state index in [-0.39, 0.29) is 0 Å². The van der Waals surface area contributed by atoms with Gasteiger partial charge in [-0.3, -0.25) is 0 Å². The first-order chi connectivity index (χ1) is 5.54. The van der Waals surface area contributed by atoms with Crippen molar-refractivity contribution in [3.63, 3.8) is 0 Å². The summed E-state index contributed by atoms with van der Waals surface area (Å²) < 4.78 is 0. The van der Waals surface area contributed by atoms with Crippen LogP contribution in [0.2, 0.25) is 0 Å². The lowest BCUT2D eigenvalue weighted by atomic mass is 9.97. The monoisotopic (exact) mass is 171 g/mol. The fourth-order valence-corrected chi connectivity index (χ4v) is 1.24. The topological polar surface area (TPSA) is 32.3 Å². The molecule has 0 spiro atoms. The highest BCUT2D eigenvalue weighted by Gasteiger charge is 2.38. The molecule has 0 aromatic heterocycles. The molecular formula is C10H21NO. The van der Waals surface area contributed by atoms with Gasteiger partial charge in [-0.15, -0.1) is 0 Å². The molecule has 0 bridgehead atoms. The van der Waals surface area contributed by atoms with E-state index in [1.165, 1.54) is 12.8 Å². The van der Waals surface area contributed by atoms with Crippen molar-refractivity contribution in [3.8, 4) is 0 Å². The fraction of sp³-hybridized carbons (Fsp3) is 1.00. The standard InChI is InChI=1S/C10H21NO/c1-4-10(12,5-2)8-11-9(3)6-7-9/h11-12H,4-8H2,1-3H3. The molecule has 0 saturated heterocycles. The van der Waals surface area contributed by atoms with Crippen LogP contribution in [-0.4, -0.2) is 22.8 Å². The van der Waals surface area contributed by atoms with Crippen LogP contribution >= 0.6 is 0 Å². The minimum atomic E-state index is -0.481. The predicted molar refractivity (Wildman–Crippen MR) is 51.2 cm³/mol. The van der Waals surface area contributed by atoms with Crippen LogP contribution in [0.3, 0.4) is 0 Å². The van der Waals surface area contributed by atoms with Gasteiger partial charge in [-0.2, -0.15) is 0 Å². The first-order valence-electron chi connectivity index (χ1n) is 5.01. The number of β-amino-alcohol motifs (C(OH)–C–C–N with tert-alkyl or cyclic N) is 1. The Morgan fingerprint density at radius 1 is 1.33 bits per heavy atom. The van der Waals surface area contributed by atoms with Gasteiger partial charge >= 0.3 is 0 Å². The van der Waals surface area contributed by atoms with Gasteiger partial charge in [0.25, 0.3) is 0 Å². The first kappa shape index (κ1) is 10.0. The molecule has 1 fully saturated rings. The Morgan fingerprint density at radius 3 is 2.17 bits per heavy atom. The zero-order valence-electron chi connectivity index (χ0n) is 8.48. The first-order valence-corrected chi connectivity index (χ1v) is 5.01. The van der Waals surface area contributed by atoms with Crippen LogP contribution in [-0.2, 0) is 0 Å². The number of hydrogen-bond donors (Lipinski definition) is 2. The average Bonchev–Trinajstić information content (AvgIpc) is 2.81. The molecule has 0 heterocycles. The van der Waals surface area contributed by atoms with E-state index in [0.717, 1.165) is 19.4 Å².